The van der Waals surface area contributed by atoms with Crippen LogP contribution in [0.2, 0.25) is 0 Å². The maximum absolute atomic E-state index is 10.8. The van der Waals surface area contributed by atoms with E-state index < -0.39 is 11.9 Å². The van der Waals surface area contributed by atoms with Gasteiger partial charge in [0.2, 0.25) is 5.76 Å². The van der Waals surface area contributed by atoms with Crippen molar-refractivity contribution in [2.75, 3.05) is 0 Å². The molecular formula is C16H15NO3. The van der Waals surface area contributed by atoms with E-state index in [0.717, 1.165) is 16.7 Å². The average Bonchev–Trinajstić information content (AvgIpc) is 2.89. The second-order valence-electron chi connectivity index (χ2n) is 4.82. The Balaban J connectivity index is 2.27. The summed E-state index contributed by atoms with van der Waals surface area (Å²) in [5.41, 5.74) is 3.32. The molecule has 2 rings (SSSR count). The smallest absolute Gasteiger partial charge is 0.371 e. The molecule has 0 fully saturated rings. The number of aryl methyl sites for hydroxylation is 2. The quantitative estimate of drug-likeness (QED) is 0.922. The standard InChI is InChI=1S/C16H15NO3/c1-10-3-4-11(2)12(7-10)8-13(9-17)14-5-6-15(20-14)16(18)19/h3-7,13H,8H2,1-2H3,(H,18,19). The van der Waals surface area contributed by atoms with E-state index in [-0.39, 0.29) is 5.76 Å². The zero-order chi connectivity index (χ0) is 14.7. The Labute approximate surface area is 117 Å². The summed E-state index contributed by atoms with van der Waals surface area (Å²) < 4.78 is 5.22. The van der Waals surface area contributed by atoms with E-state index in [2.05, 4.69) is 6.07 Å². The van der Waals surface area contributed by atoms with Crippen LogP contribution < -0.4 is 0 Å². The van der Waals surface area contributed by atoms with Gasteiger partial charge in [0.05, 0.1) is 6.07 Å². The number of benzene rings is 1. The largest absolute Gasteiger partial charge is 0.475 e. The molecule has 0 aliphatic rings. The highest BCUT2D eigenvalue weighted by molar-refractivity contribution is 5.84. The molecule has 0 spiro atoms. The number of carboxylic acid groups (broad SMARTS) is 1. The molecule has 102 valence electrons. The lowest BCUT2D eigenvalue weighted by molar-refractivity contribution is 0.0660. The van der Waals surface area contributed by atoms with E-state index >= 15 is 0 Å². The van der Waals surface area contributed by atoms with Crippen molar-refractivity contribution in [3.8, 4) is 6.07 Å². The minimum atomic E-state index is -1.13. The minimum absolute atomic E-state index is 0.138. The highest BCUT2D eigenvalue weighted by Crippen LogP contribution is 2.24. The van der Waals surface area contributed by atoms with Crippen LogP contribution in [0.3, 0.4) is 0 Å². The average molecular weight is 269 g/mol. The molecule has 0 radical (unpaired) electrons. The van der Waals surface area contributed by atoms with Crippen LogP contribution in [0.4, 0.5) is 0 Å². The maximum Gasteiger partial charge on any atom is 0.371 e. The lowest BCUT2D eigenvalue weighted by atomic mass is 9.94. The molecule has 0 bridgehead atoms. The summed E-state index contributed by atoms with van der Waals surface area (Å²) in [7, 11) is 0. The molecule has 0 aliphatic carbocycles. The van der Waals surface area contributed by atoms with Crippen molar-refractivity contribution in [1.82, 2.24) is 0 Å². The summed E-state index contributed by atoms with van der Waals surface area (Å²) >= 11 is 0. The maximum atomic E-state index is 10.8. The molecular weight excluding hydrogens is 254 g/mol. The third-order valence-corrected chi connectivity index (χ3v) is 3.27. The zero-order valence-electron chi connectivity index (χ0n) is 11.4. The predicted molar refractivity (Wildman–Crippen MR) is 73.6 cm³/mol. The third-order valence-electron chi connectivity index (χ3n) is 3.27. The van der Waals surface area contributed by atoms with Gasteiger partial charge in [0.1, 0.15) is 11.7 Å². The number of aromatic carboxylic acids is 1. The lowest BCUT2D eigenvalue weighted by Crippen LogP contribution is -2.02. The van der Waals surface area contributed by atoms with Crippen molar-refractivity contribution in [3.63, 3.8) is 0 Å². The van der Waals surface area contributed by atoms with E-state index in [4.69, 9.17) is 9.52 Å². The Bertz CT molecular complexity index is 679. The van der Waals surface area contributed by atoms with Crippen molar-refractivity contribution in [2.45, 2.75) is 26.2 Å². The topological polar surface area (TPSA) is 74.2 Å². The highest BCUT2D eigenvalue weighted by Gasteiger charge is 2.19. The molecule has 1 heterocycles. The number of rotatable bonds is 4. The van der Waals surface area contributed by atoms with Gasteiger partial charge < -0.3 is 9.52 Å². The van der Waals surface area contributed by atoms with Gasteiger partial charge >= 0.3 is 5.97 Å². The van der Waals surface area contributed by atoms with Crippen LogP contribution in [0.25, 0.3) is 0 Å². The van der Waals surface area contributed by atoms with E-state index in [1.54, 1.807) is 6.07 Å². The first-order valence-corrected chi connectivity index (χ1v) is 6.30. The van der Waals surface area contributed by atoms with Gasteiger partial charge in [0.15, 0.2) is 0 Å². The normalized spacial score (nSPS) is 11.8. The van der Waals surface area contributed by atoms with Crippen molar-refractivity contribution in [2.24, 2.45) is 0 Å². The van der Waals surface area contributed by atoms with Crippen molar-refractivity contribution in [1.29, 1.82) is 5.26 Å². The molecule has 1 unspecified atom stereocenters. The number of nitrogens with zero attached hydrogens (tertiary/aromatic N) is 1. The van der Waals surface area contributed by atoms with E-state index in [1.807, 2.05) is 32.0 Å². The fourth-order valence-electron chi connectivity index (χ4n) is 2.10. The number of hydrogen-bond acceptors (Lipinski definition) is 3. The van der Waals surface area contributed by atoms with Crippen molar-refractivity contribution >= 4 is 5.97 Å². The number of nitriles is 1. The number of furan rings is 1. The Hall–Kier alpha value is -2.54. The number of hydrogen-bond donors (Lipinski definition) is 1. The first kappa shape index (κ1) is 13.9. The summed E-state index contributed by atoms with van der Waals surface area (Å²) in [5, 5.41) is 18.1. The molecule has 0 amide bonds. The van der Waals surface area contributed by atoms with Gasteiger partial charge in [-0.15, -0.1) is 0 Å². The Morgan fingerprint density at radius 2 is 2.10 bits per heavy atom. The Morgan fingerprint density at radius 3 is 2.70 bits per heavy atom. The minimum Gasteiger partial charge on any atom is -0.475 e. The van der Waals surface area contributed by atoms with Gasteiger partial charge in [-0.05, 0) is 43.5 Å². The highest BCUT2D eigenvalue weighted by atomic mass is 16.4. The van der Waals surface area contributed by atoms with Gasteiger partial charge in [-0.25, -0.2) is 4.79 Å². The molecule has 0 saturated carbocycles. The van der Waals surface area contributed by atoms with Gasteiger partial charge in [0, 0.05) is 0 Å². The van der Waals surface area contributed by atoms with Crippen molar-refractivity contribution < 1.29 is 14.3 Å². The van der Waals surface area contributed by atoms with Gasteiger partial charge in [-0.3, -0.25) is 0 Å². The Kier molecular flexibility index (Phi) is 3.90. The van der Waals surface area contributed by atoms with Crippen LogP contribution >= 0.6 is 0 Å². The summed E-state index contributed by atoms with van der Waals surface area (Å²) in [5.74, 6) is -1.35. The van der Waals surface area contributed by atoms with Crippen LogP contribution in [0, 0.1) is 25.2 Å². The van der Waals surface area contributed by atoms with E-state index in [9.17, 15) is 10.1 Å². The van der Waals surface area contributed by atoms with E-state index in [0.29, 0.717) is 12.2 Å². The first-order chi connectivity index (χ1) is 9.51. The van der Waals surface area contributed by atoms with Crippen LogP contribution in [0.5, 0.6) is 0 Å². The molecule has 20 heavy (non-hydrogen) atoms. The fraction of sp³-hybridized carbons (Fsp3) is 0.250. The number of carboxylic acids is 1. The second-order valence-corrected chi connectivity index (χ2v) is 4.82. The summed E-state index contributed by atoms with van der Waals surface area (Å²) in [6, 6.07) is 11.2. The molecule has 1 aromatic heterocycles. The fourth-order valence-corrected chi connectivity index (χ4v) is 2.10. The molecule has 4 nitrogen and oxygen atoms in total. The van der Waals surface area contributed by atoms with E-state index in [1.165, 1.54) is 6.07 Å². The van der Waals surface area contributed by atoms with Gasteiger partial charge in [0.25, 0.3) is 0 Å². The van der Waals surface area contributed by atoms with Crippen LogP contribution in [-0.2, 0) is 6.42 Å². The number of carbonyl (C=O) groups is 1. The molecule has 1 atom stereocenters. The van der Waals surface area contributed by atoms with Crippen molar-refractivity contribution in [3.05, 3.63) is 58.5 Å². The van der Waals surface area contributed by atoms with Crippen LogP contribution in [0.15, 0.2) is 34.7 Å². The SMILES string of the molecule is Cc1ccc(C)c(CC(C#N)c2ccc(C(=O)O)o2)c1. The third kappa shape index (κ3) is 2.89. The second kappa shape index (κ2) is 5.62. The summed E-state index contributed by atoms with van der Waals surface area (Å²) in [4.78, 5) is 10.8. The monoisotopic (exact) mass is 269 g/mol. The molecule has 0 saturated heterocycles. The summed E-state index contributed by atoms with van der Waals surface area (Å²) in [6.45, 7) is 3.99. The predicted octanol–water partition coefficient (Wildman–Crippen LogP) is 3.44. The van der Waals surface area contributed by atoms with Crippen LogP contribution in [0.1, 0.15) is 38.9 Å². The molecule has 1 aromatic carbocycles. The first-order valence-electron chi connectivity index (χ1n) is 6.30. The lowest BCUT2D eigenvalue weighted by Gasteiger charge is -2.10. The van der Waals surface area contributed by atoms with Crippen LogP contribution in [-0.4, -0.2) is 11.1 Å². The summed E-state index contributed by atoms with van der Waals surface area (Å²) in [6.07, 6.45) is 0.511. The molecule has 0 aliphatic heterocycles. The van der Waals surface area contributed by atoms with Gasteiger partial charge in [-0.2, -0.15) is 5.26 Å². The molecule has 2 aromatic rings. The molecule has 4 heteroatoms. The van der Waals surface area contributed by atoms with Gasteiger partial charge in [-0.1, -0.05) is 23.8 Å². The Morgan fingerprint density at radius 1 is 1.35 bits per heavy atom. The molecule has 1 N–H and O–H groups in total. The zero-order valence-corrected chi connectivity index (χ0v) is 11.4.